The summed E-state index contributed by atoms with van der Waals surface area (Å²) < 4.78 is 2.03. The van der Waals surface area contributed by atoms with Crippen LogP contribution in [0.25, 0.3) is 11.0 Å². The molecule has 26 heavy (non-hydrogen) atoms. The van der Waals surface area contributed by atoms with E-state index in [-0.39, 0.29) is 0 Å². The lowest BCUT2D eigenvalue weighted by Crippen LogP contribution is -2.15. The fraction of sp³-hybridized carbons (Fsp3) is 0.476. The first-order chi connectivity index (χ1) is 12.7. The summed E-state index contributed by atoms with van der Waals surface area (Å²) in [4.78, 5) is 15.9. The maximum atomic E-state index is 4.84. The van der Waals surface area contributed by atoms with Gasteiger partial charge in [-0.05, 0) is 30.9 Å². The second kappa shape index (κ2) is 7.06. The van der Waals surface area contributed by atoms with E-state index in [4.69, 9.17) is 4.98 Å². The van der Waals surface area contributed by atoms with E-state index in [0.29, 0.717) is 5.92 Å². The van der Waals surface area contributed by atoms with Gasteiger partial charge in [0.05, 0.1) is 29.9 Å². The molecule has 0 bridgehead atoms. The summed E-state index contributed by atoms with van der Waals surface area (Å²) in [5, 5.41) is 0. The maximum absolute atomic E-state index is 4.84. The van der Waals surface area contributed by atoms with Gasteiger partial charge in [-0.1, -0.05) is 26.2 Å². The molecule has 1 saturated carbocycles. The average Bonchev–Trinajstić information content (AvgIpc) is 3.08. The van der Waals surface area contributed by atoms with E-state index in [2.05, 4.69) is 41.0 Å². The number of fused-ring (bicyclic) bond motifs is 1. The van der Waals surface area contributed by atoms with Crippen LogP contribution in [-0.4, -0.2) is 26.6 Å². The molecule has 1 aliphatic rings. The van der Waals surface area contributed by atoms with E-state index in [9.17, 15) is 0 Å². The summed E-state index contributed by atoms with van der Waals surface area (Å²) in [5.74, 6) is 1.56. The van der Waals surface area contributed by atoms with Crippen molar-refractivity contribution in [2.45, 2.75) is 51.4 Å². The molecule has 0 saturated heterocycles. The number of aromatic nitrogens is 4. The van der Waals surface area contributed by atoms with Gasteiger partial charge in [-0.15, -0.1) is 0 Å². The van der Waals surface area contributed by atoms with Crippen LogP contribution in [-0.2, 0) is 13.5 Å². The molecular formula is C21H27N5. The Bertz CT molecular complexity index is 908. The Morgan fingerprint density at radius 1 is 1.08 bits per heavy atom. The summed E-state index contributed by atoms with van der Waals surface area (Å²) in [6.45, 7) is 2.22. The molecule has 0 atom stereocenters. The minimum atomic E-state index is 0.636. The third kappa shape index (κ3) is 3.06. The lowest BCUT2D eigenvalue weighted by molar-refractivity contribution is 0.436. The smallest absolute Gasteiger partial charge is 0.134 e. The van der Waals surface area contributed by atoms with Gasteiger partial charge < -0.3 is 9.47 Å². The van der Waals surface area contributed by atoms with Crippen molar-refractivity contribution in [3.05, 3.63) is 42.1 Å². The first-order valence-electron chi connectivity index (χ1n) is 9.67. The number of nitrogens with zero attached hydrogens (tertiary/aromatic N) is 5. The predicted octanol–water partition coefficient (Wildman–Crippen LogP) is 4.74. The van der Waals surface area contributed by atoms with Crippen molar-refractivity contribution < 1.29 is 0 Å². The van der Waals surface area contributed by atoms with Gasteiger partial charge in [0.2, 0.25) is 0 Å². The Morgan fingerprint density at radius 3 is 2.65 bits per heavy atom. The van der Waals surface area contributed by atoms with Crippen LogP contribution in [0.4, 0.5) is 11.5 Å². The van der Waals surface area contributed by atoms with Crippen LogP contribution < -0.4 is 4.90 Å². The zero-order valence-electron chi connectivity index (χ0n) is 15.9. The normalized spacial score (nSPS) is 15.5. The maximum Gasteiger partial charge on any atom is 0.134 e. The van der Waals surface area contributed by atoms with Crippen molar-refractivity contribution in [2.75, 3.05) is 11.9 Å². The summed E-state index contributed by atoms with van der Waals surface area (Å²) in [5.41, 5.74) is 5.77. The Labute approximate surface area is 155 Å². The minimum absolute atomic E-state index is 0.636. The van der Waals surface area contributed by atoms with Crippen molar-refractivity contribution >= 4 is 22.5 Å². The fourth-order valence-electron chi connectivity index (χ4n) is 4.04. The van der Waals surface area contributed by atoms with Crippen molar-refractivity contribution in [3.8, 4) is 0 Å². The second-order valence-corrected chi connectivity index (χ2v) is 7.37. The van der Waals surface area contributed by atoms with Crippen LogP contribution >= 0.6 is 0 Å². The molecule has 3 heterocycles. The van der Waals surface area contributed by atoms with Gasteiger partial charge in [0, 0.05) is 31.8 Å². The molecule has 5 heteroatoms. The second-order valence-electron chi connectivity index (χ2n) is 7.37. The minimum Gasteiger partial charge on any atom is -0.334 e. The quantitative estimate of drug-likeness (QED) is 0.682. The van der Waals surface area contributed by atoms with Crippen molar-refractivity contribution in [3.63, 3.8) is 0 Å². The highest BCUT2D eigenvalue weighted by Crippen LogP contribution is 2.34. The molecule has 3 aromatic rings. The first kappa shape index (κ1) is 17.0. The molecule has 136 valence electrons. The lowest BCUT2D eigenvalue weighted by atomic mass is 9.86. The zero-order chi connectivity index (χ0) is 18.1. The monoisotopic (exact) mass is 349 g/mol. The molecule has 0 spiro atoms. The molecule has 0 radical (unpaired) electrons. The number of hydrogen-bond donors (Lipinski definition) is 0. The van der Waals surface area contributed by atoms with Crippen molar-refractivity contribution in [1.29, 1.82) is 0 Å². The first-order valence-corrected chi connectivity index (χ1v) is 9.67. The molecule has 1 fully saturated rings. The number of rotatable bonds is 4. The highest BCUT2D eigenvalue weighted by Gasteiger charge is 2.19. The van der Waals surface area contributed by atoms with Gasteiger partial charge in [0.1, 0.15) is 11.3 Å². The van der Waals surface area contributed by atoms with E-state index in [0.717, 1.165) is 29.0 Å². The SMILES string of the molecule is CCc1cc(C2CCCCC2)ncc1N(C)c1cc2c(cn1)ncn2C. The Balaban J connectivity index is 1.67. The van der Waals surface area contributed by atoms with Crippen LogP contribution in [0.1, 0.15) is 56.2 Å². The summed E-state index contributed by atoms with van der Waals surface area (Å²) in [7, 11) is 4.08. The highest BCUT2D eigenvalue weighted by atomic mass is 15.2. The van der Waals surface area contributed by atoms with Gasteiger partial charge in [-0.2, -0.15) is 0 Å². The largest absolute Gasteiger partial charge is 0.334 e. The zero-order valence-corrected chi connectivity index (χ0v) is 15.9. The summed E-state index contributed by atoms with van der Waals surface area (Å²) in [6.07, 6.45) is 13.3. The van der Waals surface area contributed by atoms with E-state index < -0.39 is 0 Å². The molecule has 3 aromatic heterocycles. The molecule has 0 aromatic carbocycles. The number of anilines is 2. The van der Waals surface area contributed by atoms with Crippen molar-refractivity contribution in [2.24, 2.45) is 7.05 Å². The topological polar surface area (TPSA) is 46.8 Å². The van der Waals surface area contributed by atoms with E-state index >= 15 is 0 Å². The molecular weight excluding hydrogens is 322 g/mol. The number of hydrogen-bond acceptors (Lipinski definition) is 4. The van der Waals surface area contributed by atoms with Crippen LogP contribution in [0.3, 0.4) is 0 Å². The van der Waals surface area contributed by atoms with E-state index in [1.54, 1.807) is 0 Å². The number of pyridine rings is 2. The van der Waals surface area contributed by atoms with E-state index in [1.165, 1.54) is 43.4 Å². The average molecular weight is 349 g/mol. The van der Waals surface area contributed by atoms with Crippen LogP contribution in [0, 0.1) is 0 Å². The summed E-state index contributed by atoms with van der Waals surface area (Å²) >= 11 is 0. The predicted molar refractivity (Wildman–Crippen MR) is 106 cm³/mol. The molecule has 0 amide bonds. The lowest BCUT2D eigenvalue weighted by Gasteiger charge is -2.25. The molecule has 0 unspecified atom stereocenters. The highest BCUT2D eigenvalue weighted by molar-refractivity contribution is 5.79. The Kier molecular flexibility index (Phi) is 4.62. The number of aryl methyl sites for hydroxylation is 2. The van der Waals surface area contributed by atoms with Crippen LogP contribution in [0.15, 0.2) is 30.9 Å². The Hall–Kier alpha value is -2.43. The van der Waals surface area contributed by atoms with Crippen LogP contribution in [0.5, 0.6) is 0 Å². The standard InChI is InChI=1S/C21H27N5/c1-4-15-10-17(16-8-6-5-7-9-16)22-13-20(15)26(3)21-11-19-18(12-23-21)24-14-25(19)2/h10-14,16H,4-9H2,1-3H3. The number of imidazole rings is 1. The molecule has 5 nitrogen and oxygen atoms in total. The third-order valence-electron chi connectivity index (χ3n) is 5.69. The van der Waals surface area contributed by atoms with Gasteiger partial charge in [-0.3, -0.25) is 4.98 Å². The Morgan fingerprint density at radius 2 is 1.88 bits per heavy atom. The molecule has 4 rings (SSSR count). The van der Waals surface area contributed by atoms with Gasteiger partial charge in [0.25, 0.3) is 0 Å². The van der Waals surface area contributed by atoms with Gasteiger partial charge in [0.15, 0.2) is 0 Å². The molecule has 1 aliphatic carbocycles. The van der Waals surface area contributed by atoms with Gasteiger partial charge in [-0.25, -0.2) is 9.97 Å². The third-order valence-corrected chi connectivity index (χ3v) is 5.69. The van der Waals surface area contributed by atoms with Crippen molar-refractivity contribution in [1.82, 2.24) is 19.5 Å². The van der Waals surface area contributed by atoms with Gasteiger partial charge >= 0.3 is 0 Å². The van der Waals surface area contributed by atoms with Crippen LogP contribution in [0.2, 0.25) is 0 Å². The molecule has 0 aliphatic heterocycles. The fourth-order valence-corrected chi connectivity index (χ4v) is 4.04. The summed E-state index contributed by atoms with van der Waals surface area (Å²) in [6, 6.07) is 4.42. The van der Waals surface area contributed by atoms with E-state index in [1.807, 2.05) is 30.3 Å². The molecule has 0 N–H and O–H groups in total.